The summed E-state index contributed by atoms with van der Waals surface area (Å²) in [6.07, 6.45) is 0. The molecule has 0 bridgehead atoms. The van der Waals surface area contributed by atoms with Crippen LogP contribution in [-0.2, 0) is 15.9 Å². The number of halogens is 1. The molecule has 5 nitrogen and oxygen atoms in total. The van der Waals surface area contributed by atoms with Crippen LogP contribution in [0.3, 0.4) is 0 Å². The lowest BCUT2D eigenvalue weighted by Gasteiger charge is -2.32. The maximum atomic E-state index is 8.57. The number of azide groups is 1. The summed E-state index contributed by atoms with van der Waals surface area (Å²) in [5, 5.41) is 3.69. The van der Waals surface area contributed by atoms with Gasteiger partial charge in [0.25, 0.3) is 0 Å². The van der Waals surface area contributed by atoms with E-state index in [1.165, 1.54) is 0 Å². The lowest BCUT2D eigenvalue weighted by Crippen LogP contribution is -2.41. The SMILES string of the molecule is Cc1c(CN=[N+]=[N-])cc(B2OC(C)(C)C(C)(C)O2)c(C)c1I. The molecule has 1 saturated heterocycles. The molecule has 1 heterocycles. The monoisotopic (exact) mass is 413 g/mol. The lowest BCUT2D eigenvalue weighted by atomic mass is 9.75. The van der Waals surface area contributed by atoms with Gasteiger partial charge in [-0.05, 0) is 91.8 Å². The van der Waals surface area contributed by atoms with E-state index in [1.807, 2.05) is 40.7 Å². The van der Waals surface area contributed by atoms with Gasteiger partial charge in [-0.25, -0.2) is 0 Å². The largest absolute Gasteiger partial charge is 0.495 e. The Labute approximate surface area is 145 Å². The topological polar surface area (TPSA) is 67.2 Å². The van der Waals surface area contributed by atoms with Gasteiger partial charge in [0.2, 0.25) is 0 Å². The summed E-state index contributed by atoms with van der Waals surface area (Å²) in [5.74, 6) is 0. The summed E-state index contributed by atoms with van der Waals surface area (Å²) in [6, 6.07) is 2.05. The molecule has 0 saturated carbocycles. The highest BCUT2D eigenvalue weighted by Crippen LogP contribution is 2.37. The average Bonchev–Trinajstić information content (AvgIpc) is 2.64. The zero-order valence-electron chi connectivity index (χ0n) is 13.9. The zero-order valence-corrected chi connectivity index (χ0v) is 16.1. The Hall–Kier alpha value is -0.755. The van der Waals surface area contributed by atoms with E-state index in [-0.39, 0.29) is 11.2 Å². The molecule has 1 aromatic rings. The molecule has 0 aliphatic carbocycles. The second-order valence-electron chi connectivity index (χ2n) is 6.67. The van der Waals surface area contributed by atoms with Gasteiger partial charge >= 0.3 is 7.12 Å². The number of rotatable bonds is 3. The van der Waals surface area contributed by atoms with Crippen LogP contribution in [0.2, 0.25) is 0 Å². The first-order valence-electron chi connectivity index (χ1n) is 7.25. The Bertz CT molecular complexity index is 639. The maximum absolute atomic E-state index is 8.57. The third kappa shape index (κ3) is 3.00. The van der Waals surface area contributed by atoms with Gasteiger partial charge in [-0.15, -0.1) is 0 Å². The van der Waals surface area contributed by atoms with Crippen molar-refractivity contribution in [1.82, 2.24) is 0 Å². The van der Waals surface area contributed by atoms with Crippen LogP contribution in [0.25, 0.3) is 10.4 Å². The number of hydrogen-bond acceptors (Lipinski definition) is 3. The van der Waals surface area contributed by atoms with Gasteiger partial charge in [-0.1, -0.05) is 11.2 Å². The molecule has 0 amide bonds. The van der Waals surface area contributed by atoms with E-state index in [0.717, 1.165) is 25.7 Å². The fourth-order valence-corrected chi connectivity index (χ4v) is 3.10. The second-order valence-corrected chi connectivity index (χ2v) is 7.74. The van der Waals surface area contributed by atoms with E-state index >= 15 is 0 Å². The molecule has 1 fully saturated rings. The predicted molar refractivity (Wildman–Crippen MR) is 97.2 cm³/mol. The van der Waals surface area contributed by atoms with Crippen molar-refractivity contribution < 1.29 is 9.31 Å². The molecule has 0 radical (unpaired) electrons. The molecule has 2 rings (SSSR count). The summed E-state index contributed by atoms with van der Waals surface area (Å²) in [4.78, 5) is 2.86. The Balaban J connectivity index is 2.48. The van der Waals surface area contributed by atoms with Gasteiger partial charge in [0.15, 0.2) is 0 Å². The highest BCUT2D eigenvalue weighted by Gasteiger charge is 2.52. The first-order valence-corrected chi connectivity index (χ1v) is 8.33. The highest BCUT2D eigenvalue weighted by molar-refractivity contribution is 14.1. The van der Waals surface area contributed by atoms with Crippen molar-refractivity contribution in [2.75, 3.05) is 0 Å². The third-order valence-electron chi connectivity index (χ3n) is 4.71. The van der Waals surface area contributed by atoms with E-state index in [1.54, 1.807) is 0 Å². The van der Waals surface area contributed by atoms with Crippen molar-refractivity contribution in [2.24, 2.45) is 5.11 Å². The van der Waals surface area contributed by atoms with Crippen LogP contribution in [0.15, 0.2) is 11.2 Å². The molecular formula is C15H21BIN3O2. The fourth-order valence-electron chi connectivity index (χ4n) is 2.44. The van der Waals surface area contributed by atoms with E-state index in [0.29, 0.717) is 6.54 Å². The van der Waals surface area contributed by atoms with Gasteiger partial charge in [0, 0.05) is 8.48 Å². The van der Waals surface area contributed by atoms with Gasteiger partial charge in [-0.2, -0.15) is 0 Å². The first-order chi connectivity index (χ1) is 10.1. The van der Waals surface area contributed by atoms with E-state index in [4.69, 9.17) is 14.8 Å². The molecule has 0 N–H and O–H groups in total. The molecule has 1 aromatic carbocycles. The molecule has 0 spiro atoms. The molecule has 118 valence electrons. The van der Waals surface area contributed by atoms with Crippen molar-refractivity contribution in [3.8, 4) is 0 Å². The van der Waals surface area contributed by atoms with Gasteiger partial charge in [0.05, 0.1) is 17.7 Å². The Morgan fingerprint density at radius 2 is 1.73 bits per heavy atom. The summed E-state index contributed by atoms with van der Waals surface area (Å²) in [6.45, 7) is 12.6. The van der Waals surface area contributed by atoms with Crippen LogP contribution in [0.5, 0.6) is 0 Å². The number of benzene rings is 1. The van der Waals surface area contributed by atoms with E-state index in [2.05, 4.69) is 39.5 Å². The van der Waals surface area contributed by atoms with Crippen LogP contribution in [0, 0.1) is 17.4 Å². The minimum absolute atomic E-state index is 0.338. The Morgan fingerprint density at radius 1 is 1.18 bits per heavy atom. The quantitative estimate of drug-likeness (QED) is 0.247. The summed E-state index contributed by atoms with van der Waals surface area (Å²) in [5.41, 5.74) is 12.1. The van der Waals surface area contributed by atoms with Gasteiger partial charge < -0.3 is 9.31 Å². The van der Waals surface area contributed by atoms with Gasteiger partial charge in [0.1, 0.15) is 0 Å². The summed E-state index contributed by atoms with van der Waals surface area (Å²) in [7, 11) is -0.399. The van der Waals surface area contributed by atoms with Crippen molar-refractivity contribution in [2.45, 2.75) is 59.3 Å². The van der Waals surface area contributed by atoms with Crippen LogP contribution >= 0.6 is 22.6 Å². The molecule has 1 aliphatic rings. The second kappa shape index (κ2) is 6.04. The fraction of sp³-hybridized carbons (Fsp3) is 0.600. The van der Waals surface area contributed by atoms with Gasteiger partial charge in [-0.3, -0.25) is 0 Å². The highest BCUT2D eigenvalue weighted by atomic mass is 127. The van der Waals surface area contributed by atoms with Crippen molar-refractivity contribution >= 4 is 35.2 Å². The normalized spacial score (nSPS) is 19.1. The van der Waals surface area contributed by atoms with Crippen LogP contribution in [0.1, 0.15) is 44.4 Å². The molecule has 7 heteroatoms. The van der Waals surface area contributed by atoms with E-state index < -0.39 is 7.12 Å². The molecular weight excluding hydrogens is 392 g/mol. The molecule has 0 unspecified atom stereocenters. The Kier molecular flexibility index (Phi) is 4.83. The molecule has 0 aromatic heterocycles. The lowest BCUT2D eigenvalue weighted by molar-refractivity contribution is 0.00578. The smallest absolute Gasteiger partial charge is 0.399 e. The van der Waals surface area contributed by atoms with E-state index in [9.17, 15) is 0 Å². The number of nitrogens with zero attached hydrogens (tertiary/aromatic N) is 3. The Morgan fingerprint density at radius 3 is 2.23 bits per heavy atom. The summed E-state index contributed by atoms with van der Waals surface area (Å²) < 4.78 is 13.5. The third-order valence-corrected chi connectivity index (χ3v) is 6.33. The maximum Gasteiger partial charge on any atom is 0.495 e. The molecule has 0 atom stereocenters. The number of hydrogen-bond donors (Lipinski definition) is 0. The van der Waals surface area contributed by atoms with Crippen LogP contribution in [-0.4, -0.2) is 18.3 Å². The van der Waals surface area contributed by atoms with Crippen molar-refractivity contribution in [1.29, 1.82) is 0 Å². The predicted octanol–water partition coefficient (Wildman–Crippen LogP) is 4.02. The molecule has 22 heavy (non-hydrogen) atoms. The zero-order chi connectivity index (χ0) is 16.7. The van der Waals surface area contributed by atoms with Crippen molar-refractivity contribution in [3.63, 3.8) is 0 Å². The van der Waals surface area contributed by atoms with Crippen LogP contribution in [0.4, 0.5) is 0 Å². The average molecular weight is 413 g/mol. The first kappa shape index (κ1) is 17.6. The minimum atomic E-state index is -0.399. The minimum Gasteiger partial charge on any atom is -0.399 e. The van der Waals surface area contributed by atoms with Crippen molar-refractivity contribution in [3.05, 3.63) is 36.8 Å². The molecule has 1 aliphatic heterocycles. The van der Waals surface area contributed by atoms with Crippen LogP contribution < -0.4 is 5.46 Å². The standard InChI is InChI=1S/C15H21BIN3O2/c1-9-11(8-19-20-18)7-12(10(2)13(9)17)16-21-14(3,4)15(5,6)22-16/h7H,8H2,1-6H3. The summed E-state index contributed by atoms with van der Waals surface area (Å²) >= 11 is 2.33.